The van der Waals surface area contributed by atoms with Gasteiger partial charge >= 0.3 is 12.1 Å². The number of para-hydroxylation sites is 1. The van der Waals surface area contributed by atoms with Gasteiger partial charge in [-0.3, -0.25) is 4.98 Å². The van der Waals surface area contributed by atoms with Gasteiger partial charge in [0.1, 0.15) is 12.2 Å². The summed E-state index contributed by atoms with van der Waals surface area (Å²) >= 11 is 0. The molecule has 0 aliphatic heterocycles. The highest BCUT2D eigenvalue weighted by molar-refractivity contribution is 5.89. The van der Waals surface area contributed by atoms with Crippen molar-refractivity contribution in [1.82, 2.24) is 25.3 Å². The quantitative estimate of drug-likeness (QED) is 0.642. The first kappa shape index (κ1) is 21.2. The molecule has 0 saturated heterocycles. The monoisotopic (exact) mass is 411 g/mol. The number of alkyl carbamates (subject to hydrolysis) is 1. The van der Waals surface area contributed by atoms with Crippen molar-refractivity contribution in [2.75, 3.05) is 6.61 Å². The molecule has 1 amide bonds. The highest BCUT2D eigenvalue weighted by Crippen LogP contribution is 2.21. The number of carbonyl (C=O) groups excluding carboxylic acids is 2. The molecular weight excluding hydrogens is 386 g/mol. The average Bonchev–Trinajstić information content (AvgIpc) is 3.05. The summed E-state index contributed by atoms with van der Waals surface area (Å²) in [5.74, 6) is -0.621. The summed E-state index contributed by atoms with van der Waals surface area (Å²) in [7, 11) is 0. The number of rotatable bonds is 5. The Labute approximate surface area is 174 Å². The summed E-state index contributed by atoms with van der Waals surface area (Å²) in [5.41, 5.74) is 1.51. The maximum atomic E-state index is 12.5. The highest BCUT2D eigenvalue weighted by Gasteiger charge is 2.22. The van der Waals surface area contributed by atoms with E-state index < -0.39 is 23.7 Å². The first-order valence-electron chi connectivity index (χ1n) is 9.59. The van der Waals surface area contributed by atoms with Crippen molar-refractivity contribution < 1.29 is 19.1 Å². The van der Waals surface area contributed by atoms with Crippen LogP contribution in [0.4, 0.5) is 4.79 Å². The Bertz CT molecular complexity index is 1070. The molecule has 0 radical (unpaired) electrons. The second-order valence-corrected chi connectivity index (χ2v) is 7.93. The van der Waals surface area contributed by atoms with Crippen molar-refractivity contribution in [2.24, 2.45) is 0 Å². The molecule has 3 rings (SSSR count). The lowest BCUT2D eigenvalue weighted by atomic mass is 10.2. The molecule has 3 aromatic rings. The predicted molar refractivity (Wildman–Crippen MR) is 111 cm³/mol. The molecule has 0 saturated carbocycles. The molecular formula is C21H25N5O4. The largest absolute Gasteiger partial charge is 0.459 e. The fraction of sp³-hybridized carbons (Fsp3) is 0.381. The van der Waals surface area contributed by atoms with Crippen LogP contribution >= 0.6 is 0 Å². The molecule has 0 spiro atoms. The maximum Gasteiger partial charge on any atom is 0.407 e. The Morgan fingerprint density at radius 2 is 1.93 bits per heavy atom. The Morgan fingerprint density at radius 1 is 1.20 bits per heavy atom. The number of nitrogens with one attached hydrogen (secondary N) is 1. The number of esters is 1. The smallest absolute Gasteiger partial charge is 0.407 e. The number of hydrogen-bond donors (Lipinski definition) is 1. The fourth-order valence-electron chi connectivity index (χ4n) is 2.83. The fourth-order valence-corrected chi connectivity index (χ4v) is 2.83. The first-order chi connectivity index (χ1) is 14.2. The van der Waals surface area contributed by atoms with Crippen molar-refractivity contribution in [3.05, 3.63) is 47.9 Å². The molecule has 0 unspecified atom stereocenters. The van der Waals surface area contributed by atoms with E-state index in [0.717, 1.165) is 16.6 Å². The Balaban J connectivity index is 1.68. The number of pyridine rings is 1. The van der Waals surface area contributed by atoms with Crippen LogP contribution in [0.5, 0.6) is 0 Å². The van der Waals surface area contributed by atoms with E-state index in [-0.39, 0.29) is 12.3 Å². The van der Waals surface area contributed by atoms with Gasteiger partial charge in [0.2, 0.25) is 0 Å². The molecule has 9 heteroatoms. The number of ether oxygens (including phenoxy) is 2. The van der Waals surface area contributed by atoms with Gasteiger partial charge in [0.05, 0.1) is 22.9 Å². The average molecular weight is 411 g/mol. The lowest BCUT2D eigenvalue weighted by Gasteiger charge is -2.21. The standard InChI is InChI=1S/C21H25N5O4/c1-13(23-20(28)30-21(3,4)5)12-29-19(27)17-14(2)26(25-24-17)16-10-6-8-15-9-7-11-22-18(15)16/h6-11,13H,12H2,1-5H3,(H,23,28)/t13-/m0/s1. The third-order valence-electron chi connectivity index (χ3n) is 4.16. The minimum absolute atomic E-state index is 0.0276. The van der Waals surface area contributed by atoms with Crippen LogP contribution in [0.1, 0.15) is 43.9 Å². The minimum Gasteiger partial charge on any atom is -0.459 e. The van der Waals surface area contributed by atoms with Crippen LogP contribution < -0.4 is 5.32 Å². The van der Waals surface area contributed by atoms with Gasteiger partial charge in [0, 0.05) is 11.6 Å². The van der Waals surface area contributed by atoms with E-state index in [1.807, 2.05) is 30.3 Å². The van der Waals surface area contributed by atoms with Gasteiger partial charge in [-0.2, -0.15) is 0 Å². The number of benzene rings is 1. The minimum atomic E-state index is -0.621. The van der Waals surface area contributed by atoms with Crippen LogP contribution in [-0.2, 0) is 9.47 Å². The highest BCUT2D eigenvalue weighted by atomic mass is 16.6. The Morgan fingerprint density at radius 3 is 2.67 bits per heavy atom. The summed E-state index contributed by atoms with van der Waals surface area (Å²) in [6, 6.07) is 9.08. The van der Waals surface area contributed by atoms with Crippen LogP contribution in [0, 0.1) is 6.92 Å². The van der Waals surface area contributed by atoms with Crippen LogP contribution in [0.3, 0.4) is 0 Å². The van der Waals surface area contributed by atoms with Gasteiger partial charge in [-0.05, 0) is 46.8 Å². The predicted octanol–water partition coefficient (Wildman–Crippen LogP) is 3.19. The van der Waals surface area contributed by atoms with E-state index >= 15 is 0 Å². The maximum absolute atomic E-state index is 12.5. The lowest BCUT2D eigenvalue weighted by molar-refractivity contribution is 0.0376. The van der Waals surface area contributed by atoms with E-state index in [2.05, 4.69) is 20.6 Å². The van der Waals surface area contributed by atoms with Crippen LogP contribution in [0.2, 0.25) is 0 Å². The van der Waals surface area contributed by atoms with E-state index in [1.165, 1.54) is 0 Å². The zero-order chi connectivity index (χ0) is 21.9. The van der Waals surface area contributed by atoms with Gasteiger partial charge in [-0.1, -0.05) is 23.4 Å². The molecule has 0 bridgehead atoms. The number of hydrogen-bond acceptors (Lipinski definition) is 7. The summed E-state index contributed by atoms with van der Waals surface area (Å²) in [6.07, 6.45) is 1.13. The third kappa shape index (κ3) is 4.91. The molecule has 30 heavy (non-hydrogen) atoms. The summed E-state index contributed by atoms with van der Waals surface area (Å²) in [4.78, 5) is 28.7. The zero-order valence-electron chi connectivity index (χ0n) is 17.7. The summed E-state index contributed by atoms with van der Waals surface area (Å²) in [6.45, 7) is 8.74. The van der Waals surface area contributed by atoms with Crippen molar-refractivity contribution in [2.45, 2.75) is 46.3 Å². The van der Waals surface area contributed by atoms with Crippen molar-refractivity contribution >= 4 is 23.0 Å². The molecule has 1 atom stereocenters. The molecule has 158 valence electrons. The number of carbonyl (C=O) groups is 2. The second-order valence-electron chi connectivity index (χ2n) is 7.93. The van der Waals surface area contributed by atoms with Gasteiger partial charge in [-0.25, -0.2) is 14.3 Å². The number of nitrogens with zero attached hydrogens (tertiary/aromatic N) is 4. The number of fused-ring (bicyclic) bond motifs is 1. The van der Waals surface area contributed by atoms with Crippen LogP contribution in [-0.4, -0.2) is 50.3 Å². The van der Waals surface area contributed by atoms with E-state index in [1.54, 1.807) is 45.5 Å². The second kappa shape index (κ2) is 8.48. The normalized spacial score (nSPS) is 12.4. The molecule has 2 heterocycles. The van der Waals surface area contributed by atoms with Gasteiger partial charge in [0.15, 0.2) is 5.69 Å². The molecule has 1 aromatic carbocycles. The van der Waals surface area contributed by atoms with Gasteiger partial charge < -0.3 is 14.8 Å². The molecule has 0 aliphatic rings. The van der Waals surface area contributed by atoms with E-state index in [0.29, 0.717) is 5.69 Å². The van der Waals surface area contributed by atoms with Crippen molar-refractivity contribution in [1.29, 1.82) is 0 Å². The summed E-state index contributed by atoms with van der Waals surface area (Å²) in [5, 5.41) is 11.7. The molecule has 0 aliphatic carbocycles. The zero-order valence-corrected chi connectivity index (χ0v) is 17.7. The lowest BCUT2D eigenvalue weighted by Crippen LogP contribution is -2.40. The number of aromatic nitrogens is 4. The Hall–Kier alpha value is -3.49. The Kier molecular flexibility index (Phi) is 6.00. The molecule has 9 nitrogen and oxygen atoms in total. The summed E-state index contributed by atoms with van der Waals surface area (Å²) < 4.78 is 12.0. The van der Waals surface area contributed by atoms with Crippen molar-refractivity contribution in [3.8, 4) is 5.69 Å². The van der Waals surface area contributed by atoms with Crippen molar-refractivity contribution in [3.63, 3.8) is 0 Å². The first-order valence-corrected chi connectivity index (χ1v) is 9.59. The third-order valence-corrected chi connectivity index (χ3v) is 4.16. The van der Waals surface area contributed by atoms with E-state index in [9.17, 15) is 9.59 Å². The molecule has 1 N–H and O–H groups in total. The van der Waals surface area contributed by atoms with Crippen LogP contribution in [0.25, 0.3) is 16.6 Å². The molecule has 2 aromatic heterocycles. The SMILES string of the molecule is Cc1c(C(=O)OC[C@H](C)NC(=O)OC(C)(C)C)nnn1-c1cccc2cccnc12. The number of amides is 1. The molecule has 0 fully saturated rings. The van der Waals surface area contributed by atoms with E-state index in [4.69, 9.17) is 9.47 Å². The van der Waals surface area contributed by atoms with Gasteiger partial charge in [-0.15, -0.1) is 5.10 Å². The topological polar surface area (TPSA) is 108 Å². The van der Waals surface area contributed by atoms with Crippen LogP contribution in [0.15, 0.2) is 36.5 Å². The van der Waals surface area contributed by atoms with Gasteiger partial charge in [0.25, 0.3) is 0 Å².